The molecule has 0 aliphatic rings. The molecule has 0 radical (unpaired) electrons. The van der Waals surface area contributed by atoms with Crippen LogP contribution in [-0.4, -0.2) is 6.54 Å². The molecule has 0 saturated carbocycles. The molecule has 0 aromatic carbocycles. The van der Waals surface area contributed by atoms with Crippen molar-refractivity contribution in [1.29, 1.82) is 0 Å². The second-order valence-corrected chi connectivity index (χ2v) is 4.14. The Labute approximate surface area is 105 Å². The van der Waals surface area contributed by atoms with Gasteiger partial charge in [-0.15, -0.1) is 0 Å². The van der Waals surface area contributed by atoms with Gasteiger partial charge in [0.25, 0.3) is 0 Å². The summed E-state index contributed by atoms with van der Waals surface area (Å²) in [5.74, 6) is 0. The molecule has 1 N–H and O–H groups in total. The molecule has 1 aromatic heterocycles. The third-order valence-corrected chi connectivity index (χ3v) is 2.68. The van der Waals surface area contributed by atoms with Crippen molar-refractivity contribution in [2.75, 3.05) is 6.54 Å². The molecular weight excluding hydrogens is 208 g/mol. The Morgan fingerprint density at radius 1 is 1.35 bits per heavy atom. The molecule has 0 aliphatic heterocycles. The second-order valence-electron chi connectivity index (χ2n) is 4.14. The summed E-state index contributed by atoms with van der Waals surface area (Å²) in [5, 5.41) is 3.31. The standard InChI is InChI=1S/C15H23N2/c1-4-6-10-16-11-7-14(5-2)15-8-12-17(3)13-9-15/h5,7-9,11-13,16H,4,6,10H2,1-3H3/q+1/b11-7-,14-5+. The maximum Gasteiger partial charge on any atom is 0.169 e. The summed E-state index contributed by atoms with van der Waals surface area (Å²) in [6, 6.07) is 4.26. The van der Waals surface area contributed by atoms with Crippen LogP contribution in [0, 0.1) is 0 Å². The van der Waals surface area contributed by atoms with Crippen LogP contribution in [0.4, 0.5) is 0 Å². The number of allylic oxidation sites excluding steroid dienone is 3. The Morgan fingerprint density at radius 2 is 2.06 bits per heavy atom. The number of rotatable bonds is 6. The molecule has 17 heavy (non-hydrogen) atoms. The van der Waals surface area contributed by atoms with Crippen molar-refractivity contribution in [1.82, 2.24) is 5.32 Å². The monoisotopic (exact) mass is 231 g/mol. The maximum atomic E-state index is 3.31. The Hall–Kier alpha value is -1.57. The van der Waals surface area contributed by atoms with Gasteiger partial charge in [0.2, 0.25) is 0 Å². The average molecular weight is 231 g/mol. The van der Waals surface area contributed by atoms with E-state index in [9.17, 15) is 0 Å². The lowest BCUT2D eigenvalue weighted by Gasteiger charge is -2.02. The summed E-state index contributed by atoms with van der Waals surface area (Å²) >= 11 is 0. The molecule has 1 heterocycles. The lowest BCUT2D eigenvalue weighted by molar-refractivity contribution is -0.671. The van der Waals surface area contributed by atoms with Crippen LogP contribution in [0.15, 0.2) is 42.9 Å². The van der Waals surface area contributed by atoms with Gasteiger partial charge in [0, 0.05) is 18.7 Å². The van der Waals surface area contributed by atoms with Crippen LogP contribution in [0.2, 0.25) is 0 Å². The second kappa shape index (κ2) is 7.66. The van der Waals surface area contributed by atoms with Crippen molar-refractivity contribution >= 4 is 5.57 Å². The van der Waals surface area contributed by atoms with Gasteiger partial charge in [0.05, 0.1) is 0 Å². The van der Waals surface area contributed by atoms with E-state index in [1.807, 2.05) is 17.8 Å². The van der Waals surface area contributed by atoms with E-state index in [4.69, 9.17) is 0 Å². The molecule has 0 bridgehead atoms. The summed E-state index contributed by atoms with van der Waals surface area (Å²) in [6.07, 6.45) is 12.9. The smallest absolute Gasteiger partial charge is 0.169 e. The van der Waals surface area contributed by atoms with Crippen molar-refractivity contribution in [3.63, 3.8) is 0 Å². The van der Waals surface area contributed by atoms with Gasteiger partial charge in [-0.1, -0.05) is 19.4 Å². The summed E-state index contributed by atoms with van der Waals surface area (Å²) in [4.78, 5) is 0. The third-order valence-electron chi connectivity index (χ3n) is 2.68. The first kappa shape index (κ1) is 13.5. The predicted octanol–water partition coefficient (Wildman–Crippen LogP) is 2.82. The molecule has 0 amide bonds. The topological polar surface area (TPSA) is 15.9 Å². The number of hydrogen-bond acceptors (Lipinski definition) is 1. The minimum atomic E-state index is 1.05. The third kappa shape index (κ3) is 4.85. The van der Waals surface area contributed by atoms with E-state index in [2.05, 4.69) is 55.8 Å². The molecule has 0 unspecified atom stereocenters. The van der Waals surface area contributed by atoms with Gasteiger partial charge in [0.1, 0.15) is 7.05 Å². The zero-order valence-corrected chi connectivity index (χ0v) is 11.1. The fraction of sp³-hybridized carbons (Fsp3) is 0.400. The number of nitrogens with zero attached hydrogens (tertiary/aromatic N) is 1. The fourth-order valence-electron chi connectivity index (χ4n) is 1.56. The molecule has 0 aliphatic carbocycles. The van der Waals surface area contributed by atoms with E-state index in [0.29, 0.717) is 0 Å². The normalized spacial score (nSPS) is 12.1. The average Bonchev–Trinajstić information content (AvgIpc) is 2.35. The highest BCUT2D eigenvalue weighted by molar-refractivity contribution is 5.73. The highest BCUT2D eigenvalue weighted by Crippen LogP contribution is 2.13. The van der Waals surface area contributed by atoms with Crippen molar-refractivity contribution in [2.24, 2.45) is 7.05 Å². The van der Waals surface area contributed by atoms with Gasteiger partial charge in [0.15, 0.2) is 12.4 Å². The van der Waals surface area contributed by atoms with Crippen LogP contribution in [0.3, 0.4) is 0 Å². The zero-order chi connectivity index (χ0) is 12.5. The molecule has 92 valence electrons. The van der Waals surface area contributed by atoms with Crippen LogP contribution < -0.4 is 9.88 Å². The Balaban J connectivity index is 2.57. The largest absolute Gasteiger partial charge is 0.391 e. The highest BCUT2D eigenvalue weighted by Gasteiger charge is 1.98. The number of aromatic nitrogens is 1. The number of aryl methyl sites for hydroxylation is 1. The van der Waals surface area contributed by atoms with Gasteiger partial charge in [-0.25, -0.2) is 4.57 Å². The number of pyridine rings is 1. The first-order chi connectivity index (χ1) is 8.27. The van der Waals surface area contributed by atoms with E-state index in [1.54, 1.807) is 0 Å². The van der Waals surface area contributed by atoms with Gasteiger partial charge in [-0.2, -0.15) is 0 Å². The molecule has 0 fully saturated rings. The lowest BCUT2D eigenvalue weighted by atomic mass is 10.1. The molecule has 2 nitrogen and oxygen atoms in total. The zero-order valence-electron chi connectivity index (χ0n) is 11.1. The number of hydrogen-bond donors (Lipinski definition) is 1. The summed E-state index contributed by atoms with van der Waals surface area (Å²) in [7, 11) is 2.03. The van der Waals surface area contributed by atoms with Crippen molar-refractivity contribution < 1.29 is 4.57 Å². The summed E-state index contributed by atoms with van der Waals surface area (Å²) < 4.78 is 2.04. The quantitative estimate of drug-likeness (QED) is 0.452. The molecule has 2 heteroatoms. The minimum Gasteiger partial charge on any atom is -0.391 e. The van der Waals surface area contributed by atoms with Gasteiger partial charge in [-0.3, -0.25) is 0 Å². The van der Waals surface area contributed by atoms with Crippen molar-refractivity contribution in [2.45, 2.75) is 26.7 Å². The summed E-state index contributed by atoms with van der Waals surface area (Å²) in [5.41, 5.74) is 2.49. The Morgan fingerprint density at radius 3 is 2.65 bits per heavy atom. The van der Waals surface area contributed by atoms with E-state index in [-0.39, 0.29) is 0 Å². The van der Waals surface area contributed by atoms with Crippen molar-refractivity contribution in [3.8, 4) is 0 Å². The Kier molecular flexibility index (Phi) is 6.08. The molecule has 0 atom stereocenters. The maximum absolute atomic E-state index is 3.31. The Bertz CT molecular complexity index is 374. The molecule has 0 spiro atoms. The van der Waals surface area contributed by atoms with Gasteiger partial charge in [-0.05, 0) is 36.8 Å². The van der Waals surface area contributed by atoms with Crippen LogP contribution in [0.5, 0.6) is 0 Å². The molecule has 1 rings (SSSR count). The van der Waals surface area contributed by atoms with E-state index in [1.165, 1.54) is 24.0 Å². The van der Waals surface area contributed by atoms with E-state index < -0.39 is 0 Å². The van der Waals surface area contributed by atoms with Crippen LogP contribution in [0.25, 0.3) is 5.57 Å². The SMILES string of the molecule is C/C=C(\C=C/NCCCC)c1cc[n+](C)cc1. The number of nitrogens with one attached hydrogen (secondary N) is 1. The molecular formula is C15H23N2+. The van der Waals surface area contributed by atoms with E-state index in [0.717, 1.165) is 6.54 Å². The van der Waals surface area contributed by atoms with E-state index >= 15 is 0 Å². The van der Waals surface area contributed by atoms with Crippen LogP contribution in [0.1, 0.15) is 32.3 Å². The summed E-state index contributed by atoms with van der Waals surface area (Å²) in [6.45, 7) is 5.32. The highest BCUT2D eigenvalue weighted by atomic mass is 14.9. The lowest BCUT2D eigenvalue weighted by Crippen LogP contribution is -2.25. The fourth-order valence-corrected chi connectivity index (χ4v) is 1.56. The first-order valence-corrected chi connectivity index (χ1v) is 6.29. The first-order valence-electron chi connectivity index (χ1n) is 6.29. The molecule has 0 saturated heterocycles. The minimum absolute atomic E-state index is 1.05. The van der Waals surface area contributed by atoms with Gasteiger partial charge < -0.3 is 5.32 Å². The molecule has 1 aromatic rings. The van der Waals surface area contributed by atoms with Crippen LogP contribution >= 0.6 is 0 Å². The number of unbranched alkanes of at least 4 members (excludes halogenated alkanes) is 1. The van der Waals surface area contributed by atoms with Crippen molar-refractivity contribution in [3.05, 3.63) is 48.4 Å². The van der Waals surface area contributed by atoms with Gasteiger partial charge >= 0.3 is 0 Å². The van der Waals surface area contributed by atoms with Crippen LogP contribution in [-0.2, 0) is 7.05 Å². The predicted molar refractivity (Wildman–Crippen MR) is 73.3 cm³/mol.